The topological polar surface area (TPSA) is 57.6 Å². The molecule has 1 saturated heterocycles. The summed E-state index contributed by atoms with van der Waals surface area (Å²) in [6.45, 7) is 7.36. The maximum absolute atomic E-state index is 12.4. The lowest BCUT2D eigenvalue weighted by molar-refractivity contribution is -0.145. The van der Waals surface area contributed by atoms with Gasteiger partial charge in [-0.05, 0) is 24.5 Å². The molecule has 0 aromatic heterocycles. The Hall–Kier alpha value is -0.710. The SMILES string of the molecule is CCSC(C(=O)N1CCC(C(=O)O)CC1)C(C)C. The number of nitrogens with zero attached hydrogens (tertiary/aromatic N) is 1. The van der Waals surface area contributed by atoms with Crippen molar-refractivity contribution in [2.24, 2.45) is 11.8 Å². The van der Waals surface area contributed by atoms with Crippen molar-refractivity contribution in [3.8, 4) is 0 Å². The molecule has 1 N–H and O–H groups in total. The van der Waals surface area contributed by atoms with Gasteiger partial charge in [-0.3, -0.25) is 9.59 Å². The third-order valence-corrected chi connectivity index (χ3v) is 4.79. The fourth-order valence-corrected chi connectivity index (χ4v) is 3.29. The van der Waals surface area contributed by atoms with E-state index in [2.05, 4.69) is 20.8 Å². The van der Waals surface area contributed by atoms with Crippen molar-refractivity contribution in [3.63, 3.8) is 0 Å². The van der Waals surface area contributed by atoms with E-state index in [0.29, 0.717) is 31.8 Å². The van der Waals surface area contributed by atoms with E-state index in [1.165, 1.54) is 0 Å². The summed E-state index contributed by atoms with van der Waals surface area (Å²) in [5.41, 5.74) is 0. The lowest BCUT2D eigenvalue weighted by Gasteiger charge is -2.33. The molecule has 0 aromatic carbocycles. The van der Waals surface area contributed by atoms with Gasteiger partial charge in [-0.2, -0.15) is 0 Å². The van der Waals surface area contributed by atoms with Crippen LogP contribution in [-0.2, 0) is 9.59 Å². The molecule has 0 saturated carbocycles. The van der Waals surface area contributed by atoms with Gasteiger partial charge in [0.15, 0.2) is 0 Å². The van der Waals surface area contributed by atoms with Gasteiger partial charge in [0.1, 0.15) is 0 Å². The van der Waals surface area contributed by atoms with Crippen molar-refractivity contribution in [2.45, 2.75) is 38.9 Å². The summed E-state index contributed by atoms with van der Waals surface area (Å²) in [5, 5.41) is 8.95. The Labute approximate surface area is 113 Å². The summed E-state index contributed by atoms with van der Waals surface area (Å²) in [6.07, 6.45) is 1.17. The number of carbonyl (C=O) groups excluding carboxylic acids is 1. The molecule has 5 heteroatoms. The van der Waals surface area contributed by atoms with Gasteiger partial charge in [0.05, 0.1) is 11.2 Å². The number of aliphatic carboxylic acids is 1. The average molecular weight is 273 g/mol. The van der Waals surface area contributed by atoms with Crippen LogP contribution in [0.4, 0.5) is 0 Å². The van der Waals surface area contributed by atoms with Crippen molar-refractivity contribution in [3.05, 3.63) is 0 Å². The van der Waals surface area contributed by atoms with E-state index >= 15 is 0 Å². The van der Waals surface area contributed by atoms with E-state index in [1.807, 2.05) is 4.90 Å². The molecule has 0 spiro atoms. The number of carboxylic acid groups (broad SMARTS) is 1. The summed E-state index contributed by atoms with van der Waals surface area (Å²) in [4.78, 5) is 25.1. The zero-order valence-electron chi connectivity index (χ0n) is 11.4. The first-order chi connectivity index (χ1) is 8.47. The standard InChI is InChI=1S/C13H23NO3S/c1-4-18-11(9(2)3)12(15)14-7-5-10(6-8-14)13(16)17/h9-11H,4-8H2,1-3H3,(H,16,17). The van der Waals surface area contributed by atoms with Crippen LogP contribution in [0.15, 0.2) is 0 Å². The summed E-state index contributed by atoms with van der Waals surface area (Å²) >= 11 is 1.69. The van der Waals surface area contributed by atoms with Crippen molar-refractivity contribution in [2.75, 3.05) is 18.8 Å². The monoisotopic (exact) mass is 273 g/mol. The van der Waals surface area contributed by atoms with Gasteiger partial charge in [-0.25, -0.2) is 0 Å². The number of rotatable bonds is 5. The molecule has 1 heterocycles. The summed E-state index contributed by atoms with van der Waals surface area (Å²) < 4.78 is 0. The molecule has 4 nitrogen and oxygen atoms in total. The van der Waals surface area contributed by atoms with Gasteiger partial charge in [0, 0.05) is 13.1 Å². The maximum Gasteiger partial charge on any atom is 0.306 e. The molecule has 1 aliphatic rings. The first-order valence-electron chi connectivity index (χ1n) is 6.60. The molecule has 0 radical (unpaired) electrons. The van der Waals surface area contributed by atoms with E-state index in [9.17, 15) is 9.59 Å². The van der Waals surface area contributed by atoms with Crippen molar-refractivity contribution in [1.82, 2.24) is 4.90 Å². The van der Waals surface area contributed by atoms with Crippen molar-refractivity contribution < 1.29 is 14.7 Å². The average Bonchev–Trinajstić information content (AvgIpc) is 2.35. The summed E-state index contributed by atoms with van der Waals surface area (Å²) in [7, 11) is 0. The van der Waals surface area contributed by atoms with Gasteiger partial charge in [0.2, 0.25) is 5.91 Å². The van der Waals surface area contributed by atoms with Crippen LogP contribution in [0.2, 0.25) is 0 Å². The van der Waals surface area contributed by atoms with Crippen LogP contribution < -0.4 is 0 Å². The predicted octanol–water partition coefficient (Wildman–Crippen LogP) is 2.09. The summed E-state index contributed by atoms with van der Waals surface area (Å²) in [5.74, 6) is 0.427. The molecule has 1 fully saturated rings. The second kappa shape index (κ2) is 7.02. The first-order valence-corrected chi connectivity index (χ1v) is 7.65. The lowest BCUT2D eigenvalue weighted by Crippen LogP contribution is -2.45. The third-order valence-electron chi connectivity index (χ3n) is 3.35. The number of hydrogen-bond donors (Lipinski definition) is 1. The normalized spacial score (nSPS) is 19.0. The van der Waals surface area contributed by atoms with Crippen LogP contribution >= 0.6 is 11.8 Å². The highest BCUT2D eigenvalue weighted by Crippen LogP contribution is 2.25. The zero-order valence-corrected chi connectivity index (χ0v) is 12.2. The number of carboxylic acids is 1. The van der Waals surface area contributed by atoms with Crippen LogP contribution in [0.5, 0.6) is 0 Å². The fourth-order valence-electron chi connectivity index (χ4n) is 2.26. The largest absolute Gasteiger partial charge is 0.481 e. The molecule has 1 amide bonds. The number of hydrogen-bond acceptors (Lipinski definition) is 3. The lowest BCUT2D eigenvalue weighted by atomic mass is 9.96. The molecule has 0 aromatic rings. The molecule has 1 unspecified atom stereocenters. The third kappa shape index (κ3) is 3.90. The number of amides is 1. The highest BCUT2D eigenvalue weighted by Gasteiger charge is 2.31. The van der Waals surface area contributed by atoms with Crippen molar-refractivity contribution in [1.29, 1.82) is 0 Å². The summed E-state index contributed by atoms with van der Waals surface area (Å²) in [6, 6.07) is 0. The predicted molar refractivity (Wildman–Crippen MR) is 73.7 cm³/mol. The van der Waals surface area contributed by atoms with Gasteiger partial charge < -0.3 is 10.0 Å². The van der Waals surface area contributed by atoms with Crippen LogP contribution in [0, 0.1) is 11.8 Å². The quantitative estimate of drug-likeness (QED) is 0.833. The number of thioether (sulfide) groups is 1. The minimum Gasteiger partial charge on any atom is -0.481 e. The smallest absolute Gasteiger partial charge is 0.306 e. The first kappa shape index (κ1) is 15.3. The molecule has 0 bridgehead atoms. The minimum atomic E-state index is -0.731. The highest BCUT2D eigenvalue weighted by molar-refractivity contribution is 8.00. The molecule has 18 heavy (non-hydrogen) atoms. The Balaban J connectivity index is 2.55. The van der Waals surface area contributed by atoms with Crippen LogP contribution in [0.25, 0.3) is 0 Å². The highest BCUT2D eigenvalue weighted by atomic mass is 32.2. The van der Waals surface area contributed by atoms with Crippen LogP contribution in [-0.4, -0.2) is 46.0 Å². The number of carbonyl (C=O) groups is 2. The maximum atomic E-state index is 12.4. The fraction of sp³-hybridized carbons (Fsp3) is 0.846. The van der Waals surface area contributed by atoms with Crippen molar-refractivity contribution >= 4 is 23.6 Å². The Morgan fingerprint density at radius 1 is 1.33 bits per heavy atom. The number of likely N-dealkylation sites (tertiary alicyclic amines) is 1. The molecule has 1 rings (SSSR count). The zero-order chi connectivity index (χ0) is 13.7. The van der Waals surface area contributed by atoms with Gasteiger partial charge in [-0.1, -0.05) is 20.8 Å². The minimum absolute atomic E-state index is 0.0105. The van der Waals surface area contributed by atoms with E-state index < -0.39 is 5.97 Å². The van der Waals surface area contributed by atoms with E-state index in [4.69, 9.17) is 5.11 Å². The molecule has 104 valence electrons. The molecule has 0 aliphatic carbocycles. The Morgan fingerprint density at radius 2 is 1.89 bits per heavy atom. The van der Waals surface area contributed by atoms with E-state index in [-0.39, 0.29) is 17.1 Å². The second-order valence-electron chi connectivity index (χ2n) is 5.06. The van der Waals surface area contributed by atoms with Crippen LogP contribution in [0.1, 0.15) is 33.6 Å². The number of piperidine rings is 1. The Kier molecular flexibility index (Phi) is 5.99. The Bertz CT molecular complexity index is 299. The molecule has 1 aliphatic heterocycles. The molecular formula is C13H23NO3S. The van der Waals surface area contributed by atoms with E-state index in [1.54, 1.807) is 11.8 Å². The Morgan fingerprint density at radius 3 is 2.28 bits per heavy atom. The van der Waals surface area contributed by atoms with Gasteiger partial charge in [0.25, 0.3) is 0 Å². The van der Waals surface area contributed by atoms with Crippen LogP contribution in [0.3, 0.4) is 0 Å². The molecular weight excluding hydrogens is 250 g/mol. The second-order valence-corrected chi connectivity index (χ2v) is 6.48. The van der Waals surface area contributed by atoms with E-state index in [0.717, 1.165) is 5.75 Å². The molecule has 1 atom stereocenters. The van der Waals surface area contributed by atoms with Gasteiger partial charge >= 0.3 is 5.97 Å². The van der Waals surface area contributed by atoms with Gasteiger partial charge in [-0.15, -0.1) is 11.8 Å².